The van der Waals surface area contributed by atoms with E-state index in [1.807, 2.05) is 48.7 Å². The summed E-state index contributed by atoms with van der Waals surface area (Å²) < 4.78 is 1.98. The molecule has 9 heteroatoms. The minimum Gasteiger partial charge on any atom is -0.349 e. The van der Waals surface area contributed by atoms with Crippen molar-refractivity contribution in [3.05, 3.63) is 63.1 Å². The van der Waals surface area contributed by atoms with E-state index in [2.05, 4.69) is 15.5 Å². The predicted octanol–water partition coefficient (Wildman–Crippen LogP) is 5.89. The Morgan fingerprint density at radius 2 is 1.83 bits per heavy atom. The molecule has 0 aliphatic rings. The molecule has 1 heterocycles. The molecule has 3 aromatic rings. The molecule has 0 aliphatic heterocycles. The Balaban J connectivity index is 1.64. The third-order valence-electron chi connectivity index (χ3n) is 4.29. The zero-order valence-electron chi connectivity index (χ0n) is 15.8. The summed E-state index contributed by atoms with van der Waals surface area (Å²) in [6.45, 7) is 4.60. The summed E-state index contributed by atoms with van der Waals surface area (Å²) in [5.41, 5.74) is 1.81. The molecule has 0 spiro atoms. The molecule has 1 aromatic heterocycles. The maximum Gasteiger partial charge on any atom is 0.230 e. The van der Waals surface area contributed by atoms with Gasteiger partial charge in [-0.25, -0.2) is 0 Å². The topological polar surface area (TPSA) is 59.8 Å². The second kappa shape index (κ2) is 9.85. The first-order chi connectivity index (χ1) is 13.9. The first-order valence-electron chi connectivity index (χ1n) is 8.95. The van der Waals surface area contributed by atoms with Gasteiger partial charge in [0, 0.05) is 17.1 Å². The molecule has 0 saturated heterocycles. The van der Waals surface area contributed by atoms with Crippen LogP contribution < -0.4 is 5.32 Å². The molecule has 0 aliphatic carbocycles. The van der Waals surface area contributed by atoms with Crippen LogP contribution in [0.4, 0.5) is 0 Å². The lowest BCUT2D eigenvalue weighted by Crippen LogP contribution is -2.28. The van der Waals surface area contributed by atoms with E-state index in [4.69, 9.17) is 34.8 Å². The van der Waals surface area contributed by atoms with Crippen molar-refractivity contribution in [1.29, 1.82) is 0 Å². The highest BCUT2D eigenvalue weighted by atomic mass is 35.5. The van der Waals surface area contributed by atoms with Crippen molar-refractivity contribution in [2.75, 3.05) is 5.75 Å². The minimum atomic E-state index is -0.188. The molecule has 3 rings (SSSR count). The van der Waals surface area contributed by atoms with E-state index in [9.17, 15) is 4.79 Å². The number of nitrogens with one attached hydrogen (secondary N) is 1. The Morgan fingerprint density at radius 3 is 2.48 bits per heavy atom. The Kier molecular flexibility index (Phi) is 7.46. The molecule has 0 saturated carbocycles. The number of halogens is 3. The summed E-state index contributed by atoms with van der Waals surface area (Å²) in [6, 6.07) is 12.6. The first-order valence-corrected chi connectivity index (χ1v) is 11.1. The molecule has 5 nitrogen and oxygen atoms in total. The summed E-state index contributed by atoms with van der Waals surface area (Å²) in [5, 5.41) is 13.8. The SMILES string of the molecule is CCn1c(SCC(=O)NC(C)c2ccc(Cl)c(Cl)c2)nnc1-c1ccc(Cl)cc1. The molecular weight excluding hydrogens is 451 g/mol. The number of nitrogens with zero attached hydrogens (tertiary/aromatic N) is 3. The molecule has 1 N–H and O–H groups in total. The van der Waals surface area contributed by atoms with Gasteiger partial charge in [-0.05, 0) is 55.8 Å². The Hall–Kier alpha value is -1.73. The van der Waals surface area contributed by atoms with E-state index in [-0.39, 0.29) is 17.7 Å². The maximum absolute atomic E-state index is 12.4. The molecular formula is C20H19Cl3N4OS. The monoisotopic (exact) mass is 468 g/mol. The van der Waals surface area contributed by atoms with Crippen LogP contribution in [-0.2, 0) is 11.3 Å². The number of hydrogen-bond donors (Lipinski definition) is 1. The molecule has 2 aromatic carbocycles. The average Bonchev–Trinajstić information content (AvgIpc) is 3.12. The Bertz CT molecular complexity index is 1010. The molecule has 152 valence electrons. The van der Waals surface area contributed by atoms with Gasteiger partial charge in [0.25, 0.3) is 0 Å². The zero-order chi connectivity index (χ0) is 21.0. The number of hydrogen-bond acceptors (Lipinski definition) is 4. The standard InChI is InChI=1S/C20H19Cl3N4OS/c1-3-27-19(13-4-7-15(21)8-5-13)25-26-20(27)29-11-18(28)24-12(2)14-6-9-16(22)17(23)10-14/h4-10,12H,3,11H2,1-2H3,(H,24,28). The molecule has 0 bridgehead atoms. The van der Waals surface area contributed by atoms with Crippen LogP contribution in [0.3, 0.4) is 0 Å². The van der Waals surface area contributed by atoms with E-state index >= 15 is 0 Å². The normalized spacial score (nSPS) is 12.0. The van der Waals surface area contributed by atoms with Crippen LogP contribution in [0.5, 0.6) is 0 Å². The third kappa shape index (κ3) is 5.45. The molecule has 1 atom stereocenters. The number of thioether (sulfide) groups is 1. The molecule has 1 amide bonds. The highest BCUT2D eigenvalue weighted by molar-refractivity contribution is 7.99. The van der Waals surface area contributed by atoms with Crippen molar-refractivity contribution in [2.24, 2.45) is 0 Å². The molecule has 0 fully saturated rings. The average molecular weight is 470 g/mol. The van der Waals surface area contributed by atoms with E-state index in [1.165, 1.54) is 11.8 Å². The van der Waals surface area contributed by atoms with E-state index in [1.54, 1.807) is 12.1 Å². The van der Waals surface area contributed by atoms with Gasteiger partial charge in [-0.2, -0.15) is 0 Å². The van der Waals surface area contributed by atoms with Crippen LogP contribution in [0.25, 0.3) is 11.4 Å². The van der Waals surface area contributed by atoms with Gasteiger partial charge < -0.3 is 9.88 Å². The lowest BCUT2D eigenvalue weighted by Gasteiger charge is -2.15. The predicted molar refractivity (Wildman–Crippen MR) is 120 cm³/mol. The number of amides is 1. The van der Waals surface area contributed by atoms with Gasteiger partial charge >= 0.3 is 0 Å². The van der Waals surface area contributed by atoms with Gasteiger partial charge in [0.05, 0.1) is 21.8 Å². The minimum absolute atomic E-state index is 0.104. The summed E-state index contributed by atoms with van der Waals surface area (Å²) in [7, 11) is 0. The number of benzene rings is 2. The summed E-state index contributed by atoms with van der Waals surface area (Å²) in [5.74, 6) is 0.869. The molecule has 29 heavy (non-hydrogen) atoms. The fraction of sp³-hybridized carbons (Fsp3) is 0.250. The van der Waals surface area contributed by atoms with Crippen LogP contribution >= 0.6 is 46.6 Å². The van der Waals surface area contributed by atoms with Crippen molar-refractivity contribution in [1.82, 2.24) is 20.1 Å². The van der Waals surface area contributed by atoms with E-state index < -0.39 is 0 Å². The zero-order valence-corrected chi connectivity index (χ0v) is 18.9. The highest BCUT2D eigenvalue weighted by Gasteiger charge is 2.16. The van der Waals surface area contributed by atoms with Gasteiger partial charge in [0.15, 0.2) is 11.0 Å². The van der Waals surface area contributed by atoms with Gasteiger partial charge in [0.1, 0.15) is 0 Å². The summed E-state index contributed by atoms with van der Waals surface area (Å²) in [6.07, 6.45) is 0. The first kappa shape index (κ1) is 22.0. The highest BCUT2D eigenvalue weighted by Crippen LogP contribution is 2.27. The van der Waals surface area contributed by atoms with Gasteiger partial charge in [-0.1, -0.05) is 52.6 Å². The fourth-order valence-corrected chi connectivity index (χ4v) is 4.02. The molecule has 1 unspecified atom stereocenters. The van der Waals surface area contributed by atoms with Crippen LogP contribution in [0.1, 0.15) is 25.5 Å². The van der Waals surface area contributed by atoms with Crippen molar-refractivity contribution >= 4 is 52.5 Å². The number of rotatable bonds is 7. The van der Waals surface area contributed by atoms with Crippen LogP contribution in [0, 0.1) is 0 Å². The van der Waals surface area contributed by atoms with Gasteiger partial charge in [-0.3, -0.25) is 4.79 Å². The number of carbonyl (C=O) groups excluding carboxylic acids is 1. The van der Waals surface area contributed by atoms with Gasteiger partial charge in [-0.15, -0.1) is 10.2 Å². The van der Waals surface area contributed by atoms with Crippen molar-refractivity contribution in [3.8, 4) is 11.4 Å². The van der Waals surface area contributed by atoms with Crippen LogP contribution in [0.15, 0.2) is 47.6 Å². The summed E-state index contributed by atoms with van der Waals surface area (Å²) in [4.78, 5) is 12.4. The van der Waals surface area contributed by atoms with Crippen LogP contribution in [0.2, 0.25) is 15.1 Å². The van der Waals surface area contributed by atoms with Crippen molar-refractivity contribution in [2.45, 2.75) is 31.6 Å². The largest absolute Gasteiger partial charge is 0.349 e. The van der Waals surface area contributed by atoms with E-state index in [0.29, 0.717) is 26.8 Å². The Morgan fingerprint density at radius 1 is 1.10 bits per heavy atom. The molecule has 0 radical (unpaired) electrons. The van der Waals surface area contributed by atoms with Crippen molar-refractivity contribution < 1.29 is 4.79 Å². The fourth-order valence-electron chi connectivity index (χ4n) is 2.77. The van der Waals surface area contributed by atoms with Crippen molar-refractivity contribution in [3.63, 3.8) is 0 Å². The number of aromatic nitrogens is 3. The lowest BCUT2D eigenvalue weighted by atomic mass is 10.1. The van der Waals surface area contributed by atoms with E-state index in [0.717, 1.165) is 17.0 Å². The smallest absolute Gasteiger partial charge is 0.230 e. The van der Waals surface area contributed by atoms with Gasteiger partial charge in [0.2, 0.25) is 5.91 Å². The van der Waals surface area contributed by atoms with Crippen LogP contribution in [-0.4, -0.2) is 26.4 Å². The second-order valence-corrected chi connectivity index (χ2v) is 8.50. The quantitative estimate of drug-likeness (QED) is 0.438. The Labute approximate surface area is 188 Å². The lowest BCUT2D eigenvalue weighted by molar-refractivity contribution is -0.119. The summed E-state index contributed by atoms with van der Waals surface area (Å²) >= 11 is 19.3. The maximum atomic E-state index is 12.4. The third-order valence-corrected chi connectivity index (χ3v) is 6.25. The second-order valence-electron chi connectivity index (χ2n) is 6.31. The number of carbonyl (C=O) groups is 1.